The maximum absolute atomic E-state index is 2.60. The minimum absolute atomic E-state index is 0. The van der Waals surface area contributed by atoms with Gasteiger partial charge in [0.15, 0.2) is 0 Å². The van der Waals surface area contributed by atoms with Crippen molar-refractivity contribution in [3.8, 4) is 0 Å². The van der Waals surface area contributed by atoms with E-state index < -0.39 is 0 Å². The van der Waals surface area contributed by atoms with Gasteiger partial charge < -0.3 is 17.0 Å². The van der Waals surface area contributed by atoms with E-state index in [9.17, 15) is 0 Å². The first kappa shape index (κ1) is 13.3. The summed E-state index contributed by atoms with van der Waals surface area (Å²) in [5.41, 5.74) is 1.55. The van der Waals surface area contributed by atoms with E-state index in [4.69, 9.17) is 0 Å². The van der Waals surface area contributed by atoms with E-state index in [1.807, 2.05) is 0 Å². The topological polar surface area (TPSA) is 3.24 Å². The van der Waals surface area contributed by atoms with Crippen molar-refractivity contribution >= 4 is 4.16 Å². The molecule has 0 unspecified atom stereocenters. The van der Waals surface area contributed by atoms with Gasteiger partial charge in [-0.3, -0.25) is 0 Å². The third-order valence-corrected chi connectivity index (χ3v) is 4.41. The second kappa shape index (κ2) is 6.78. The molecular weight excluding hydrogens is 303 g/mol. The van der Waals surface area contributed by atoms with E-state index in [0.29, 0.717) is 0 Å². The van der Waals surface area contributed by atoms with Crippen molar-refractivity contribution in [2.45, 2.75) is 25.8 Å². The summed E-state index contributed by atoms with van der Waals surface area (Å²) in [6.07, 6.45) is 4.21. The summed E-state index contributed by atoms with van der Waals surface area (Å²) < 4.78 is 1.55. The summed E-state index contributed by atoms with van der Waals surface area (Å²) in [7, 11) is 0. The fourth-order valence-corrected chi connectivity index (χ4v) is 2.84. The van der Waals surface area contributed by atoms with Gasteiger partial charge in [0.2, 0.25) is 0 Å². The normalized spacial score (nSPS) is 17.2. The molecule has 0 saturated carbocycles. The predicted molar refractivity (Wildman–Crippen MR) is 55.2 cm³/mol. The van der Waals surface area contributed by atoms with Crippen LogP contribution in [0.1, 0.15) is 24.8 Å². The fourth-order valence-electron chi connectivity index (χ4n) is 2.07. The van der Waals surface area contributed by atoms with Crippen LogP contribution in [0.2, 0.25) is 0 Å². The zero-order valence-electron chi connectivity index (χ0n) is 9.08. The minimum atomic E-state index is 0. The third-order valence-electron chi connectivity index (χ3n) is 2.96. The predicted octanol–water partition coefficient (Wildman–Crippen LogP) is -1.15. The van der Waals surface area contributed by atoms with E-state index in [0.717, 1.165) is 0 Å². The molecule has 0 N–H and O–H groups in total. The van der Waals surface area contributed by atoms with Gasteiger partial charge in [0, 0.05) is 0 Å². The summed E-state index contributed by atoms with van der Waals surface area (Å²) in [6.45, 7) is 3.78. The van der Waals surface area contributed by atoms with Crippen molar-refractivity contribution in [3.63, 3.8) is 0 Å². The Kier molecular flexibility index (Phi) is 6.03. The average Bonchev–Trinajstić information content (AvgIpc) is 2.23. The summed E-state index contributed by atoms with van der Waals surface area (Å²) in [6, 6.07) is 8.86. The SMILES string of the molecule is [Br-].[Zn+][c]1ccccc1CN1CCCCC1. The van der Waals surface area contributed by atoms with Gasteiger partial charge in [-0.2, -0.15) is 0 Å². The molecule has 0 bridgehead atoms. The molecule has 15 heavy (non-hydrogen) atoms. The first-order valence-corrected chi connectivity index (χ1v) is 6.97. The van der Waals surface area contributed by atoms with Crippen LogP contribution in [0.4, 0.5) is 0 Å². The summed E-state index contributed by atoms with van der Waals surface area (Å²) in [4.78, 5) is 2.60. The summed E-state index contributed by atoms with van der Waals surface area (Å²) in [5, 5.41) is 0. The molecule has 2 rings (SSSR count). The Morgan fingerprint density at radius 2 is 1.73 bits per heavy atom. The van der Waals surface area contributed by atoms with Crippen molar-refractivity contribution in [1.29, 1.82) is 0 Å². The average molecular weight is 320 g/mol. The van der Waals surface area contributed by atoms with Gasteiger partial charge in [0.05, 0.1) is 0 Å². The molecule has 78 valence electrons. The second-order valence-electron chi connectivity index (χ2n) is 4.11. The van der Waals surface area contributed by atoms with Crippen molar-refractivity contribution in [3.05, 3.63) is 29.8 Å². The second-order valence-corrected chi connectivity index (χ2v) is 5.70. The Hall–Kier alpha value is 0.283. The number of hydrogen-bond donors (Lipinski definition) is 0. The van der Waals surface area contributed by atoms with Crippen LogP contribution in [0.25, 0.3) is 0 Å². The molecule has 0 amide bonds. The zero-order valence-corrected chi connectivity index (χ0v) is 13.6. The van der Waals surface area contributed by atoms with E-state index in [1.54, 1.807) is 9.72 Å². The van der Waals surface area contributed by atoms with Crippen molar-refractivity contribution in [1.82, 2.24) is 4.90 Å². The van der Waals surface area contributed by atoms with Crippen LogP contribution in [0.3, 0.4) is 0 Å². The van der Waals surface area contributed by atoms with E-state index in [2.05, 4.69) is 29.2 Å². The van der Waals surface area contributed by atoms with Crippen LogP contribution < -0.4 is 21.1 Å². The van der Waals surface area contributed by atoms with Crippen LogP contribution in [0.15, 0.2) is 24.3 Å². The molecule has 0 spiro atoms. The fraction of sp³-hybridized carbons (Fsp3) is 0.500. The quantitative estimate of drug-likeness (QED) is 0.622. The van der Waals surface area contributed by atoms with Gasteiger partial charge in [0.25, 0.3) is 0 Å². The Morgan fingerprint density at radius 1 is 1.07 bits per heavy atom. The maximum atomic E-state index is 2.60. The number of rotatable bonds is 2. The van der Waals surface area contributed by atoms with Crippen LogP contribution in [-0.4, -0.2) is 18.0 Å². The standard InChI is InChI=1S/C12H16N.BrH.Zn/c1-3-7-12(8-4-1)11-13-9-5-2-6-10-13;;/h1,3-4,7H,2,5-6,9-11H2;1H;/q;;+1/p-1. The molecule has 1 aromatic carbocycles. The van der Waals surface area contributed by atoms with Crippen molar-refractivity contribution < 1.29 is 35.3 Å². The van der Waals surface area contributed by atoms with E-state index in [1.165, 1.54) is 57.2 Å². The molecular formula is C12H16BrNZn. The van der Waals surface area contributed by atoms with Gasteiger partial charge in [-0.25, -0.2) is 0 Å². The molecule has 1 heterocycles. The Morgan fingerprint density at radius 3 is 2.40 bits per heavy atom. The van der Waals surface area contributed by atoms with Gasteiger partial charge >= 0.3 is 96.1 Å². The molecule has 3 heteroatoms. The number of piperidine rings is 1. The molecule has 0 radical (unpaired) electrons. The van der Waals surface area contributed by atoms with Crippen LogP contribution in [0, 0.1) is 0 Å². The number of likely N-dealkylation sites (tertiary alicyclic amines) is 1. The monoisotopic (exact) mass is 317 g/mol. The summed E-state index contributed by atoms with van der Waals surface area (Å²) >= 11 is 1.28. The van der Waals surface area contributed by atoms with E-state index >= 15 is 0 Å². The Labute approximate surface area is 113 Å². The molecule has 0 atom stereocenters. The van der Waals surface area contributed by atoms with Crippen LogP contribution >= 0.6 is 0 Å². The molecule has 0 aliphatic carbocycles. The molecule has 1 nitrogen and oxygen atoms in total. The van der Waals surface area contributed by atoms with Crippen LogP contribution in [0.5, 0.6) is 0 Å². The molecule has 1 saturated heterocycles. The molecule has 1 aliphatic heterocycles. The third kappa shape index (κ3) is 3.98. The van der Waals surface area contributed by atoms with E-state index in [-0.39, 0.29) is 17.0 Å². The van der Waals surface area contributed by atoms with Gasteiger partial charge in [-0.05, 0) is 0 Å². The van der Waals surface area contributed by atoms with Crippen LogP contribution in [-0.2, 0) is 24.8 Å². The first-order valence-electron chi connectivity index (χ1n) is 5.48. The molecule has 1 fully saturated rings. The van der Waals surface area contributed by atoms with Gasteiger partial charge in [-0.1, -0.05) is 0 Å². The molecule has 0 aromatic heterocycles. The Bertz CT molecular complexity index is 297. The molecule has 1 aliphatic rings. The van der Waals surface area contributed by atoms with Crippen molar-refractivity contribution in [2.75, 3.05) is 13.1 Å². The number of nitrogens with zero attached hydrogens (tertiary/aromatic N) is 1. The van der Waals surface area contributed by atoms with Gasteiger partial charge in [-0.15, -0.1) is 0 Å². The summed E-state index contributed by atoms with van der Waals surface area (Å²) in [5.74, 6) is 0. The number of benzene rings is 1. The van der Waals surface area contributed by atoms with Crippen molar-refractivity contribution in [2.24, 2.45) is 0 Å². The zero-order chi connectivity index (χ0) is 9.80. The number of halogens is 1. The van der Waals surface area contributed by atoms with Gasteiger partial charge in [0.1, 0.15) is 0 Å². The number of hydrogen-bond acceptors (Lipinski definition) is 1. The Balaban J connectivity index is 0.00000112. The first-order chi connectivity index (χ1) is 6.86. The molecule has 1 aromatic rings.